The lowest BCUT2D eigenvalue weighted by molar-refractivity contribution is -0.118. The van der Waals surface area contributed by atoms with Crippen molar-refractivity contribution in [1.29, 1.82) is 0 Å². The number of anilines is 1. The zero-order chi connectivity index (χ0) is 21.8. The van der Waals surface area contributed by atoms with E-state index in [1.165, 1.54) is 22.2 Å². The second kappa shape index (κ2) is 7.25. The van der Waals surface area contributed by atoms with E-state index in [1.807, 2.05) is 24.3 Å². The third-order valence-electron chi connectivity index (χ3n) is 5.61. The molecule has 31 heavy (non-hydrogen) atoms. The van der Waals surface area contributed by atoms with Crippen LogP contribution in [-0.4, -0.2) is 26.0 Å². The molecule has 158 valence electrons. The third-order valence-corrected chi connectivity index (χ3v) is 6.69. The second-order valence-corrected chi connectivity index (χ2v) is 9.44. The van der Waals surface area contributed by atoms with Crippen LogP contribution in [-0.2, 0) is 22.6 Å². The Bertz CT molecular complexity index is 1370. The average Bonchev–Trinajstić information content (AvgIpc) is 3.10. The Morgan fingerprint density at radius 3 is 2.84 bits per heavy atom. The number of amides is 1. The lowest BCUT2D eigenvalue weighted by Crippen LogP contribution is -2.32. The average molecular weight is 435 g/mol. The zero-order valence-electron chi connectivity index (χ0n) is 17.5. The maximum atomic E-state index is 13.2. The Morgan fingerprint density at radius 1 is 1.29 bits per heavy atom. The minimum Gasteiger partial charge on any atom is -0.370 e. The van der Waals surface area contributed by atoms with Crippen molar-refractivity contribution in [3.63, 3.8) is 0 Å². The molecule has 0 saturated heterocycles. The van der Waals surface area contributed by atoms with Gasteiger partial charge >= 0.3 is 0 Å². The van der Waals surface area contributed by atoms with Gasteiger partial charge in [-0.3, -0.25) is 14.2 Å². The molecule has 1 unspecified atom stereocenters. The first kappa shape index (κ1) is 19.8. The first-order chi connectivity index (χ1) is 14.8. The maximum Gasteiger partial charge on any atom is 0.272 e. The number of carbonyl (C=O) groups is 1. The van der Waals surface area contributed by atoms with E-state index in [1.54, 1.807) is 19.1 Å². The molecule has 0 fully saturated rings. The summed E-state index contributed by atoms with van der Waals surface area (Å²) in [6, 6.07) is 10.5. The number of nitrogens with one attached hydrogen (secondary N) is 1. The molecule has 1 aromatic carbocycles. The van der Waals surface area contributed by atoms with Gasteiger partial charge in [0, 0.05) is 23.1 Å². The van der Waals surface area contributed by atoms with Crippen molar-refractivity contribution in [1.82, 2.24) is 14.5 Å². The largest absolute Gasteiger partial charge is 0.370 e. The molecule has 0 aliphatic carbocycles. The van der Waals surface area contributed by atoms with Gasteiger partial charge in [0.2, 0.25) is 5.91 Å². The summed E-state index contributed by atoms with van der Waals surface area (Å²) in [6.07, 6.45) is 2.17. The highest BCUT2D eigenvalue weighted by atomic mass is 32.1. The summed E-state index contributed by atoms with van der Waals surface area (Å²) in [7, 11) is 0. The summed E-state index contributed by atoms with van der Waals surface area (Å²) < 4.78 is 7.79. The number of rotatable bonds is 3. The fraction of sp³-hybridized carbons (Fsp3) is 0.304. The third kappa shape index (κ3) is 3.51. The van der Waals surface area contributed by atoms with Crippen molar-refractivity contribution in [2.45, 2.75) is 45.4 Å². The molecule has 3 aromatic heterocycles. The molecule has 0 saturated carbocycles. The van der Waals surface area contributed by atoms with E-state index in [0.717, 1.165) is 27.9 Å². The summed E-state index contributed by atoms with van der Waals surface area (Å²) in [5.74, 6) is -0.275. The number of hydrogen-bond acceptors (Lipinski definition) is 6. The molecule has 5 rings (SSSR count). The number of ether oxygens (including phenoxy) is 1. The number of thiophene rings is 1. The highest BCUT2D eigenvalue weighted by Crippen LogP contribution is 2.34. The fourth-order valence-corrected chi connectivity index (χ4v) is 4.89. The van der Waals surface area contributed by atoms with Gasteiger partial charge in [0.15, 0.2) is 0 Å². The van der Waals surface area contributed by atoms with Crippen LogP contribution in [0.25, 0.3) is 20.4 Å². The van der Waals surface area contributed by atoms with Gasteiger partial charge in [-0.2, -0.15) is 0 Å². The molecular formula is C23H22N4O3S. The Hall–Kier alpha value is -3.10. The molecule has 1 amide bonds. The molecule has 8 heteroatoms. The van der Waals surface area contributed by atoms with E-state index in [-0.39, 0.29) is 17.1 Å². The van der Waals surface area contributed by atoms with Crippen LogP contribution in [0.1, 0.15) is 38.1 Å². The Labute approximate surface area is 182 Å². The monoisotopic (exact) mass is 434 g/mol. The van der Waals surface area contributed by atoms with Crippen LogP contribution in [0.15, 0.2) is 47.5 Å². The van der Waals surface area contributed by atoms with Crippen LogP contribution in [0.3, 0.4) is 0 Å². The van der Waals surface area contributed by atoms with Gasteiger partial charge in [-0.25, -0.2) is 9.97 Å². The van der Waals surface area contributed by atoms with Crippen LogP contribution in [0.5, 0.6) is 0 Å². The number of nitrogens with zero attached hydrogens (tertiary/aromatic N) is 3. The zero-order valence-corrected chi connectivity index (χ0v) is 18.3. The molecular weight excluding hydrogens is 412 g/mol. The Morgan fingerprint density at radius 2 is 2.06 bits per heavy atom. The van der Waals surface area contributed by atoms with Crippen LogP contribution in [0, 0.1) is 0 Å². The van der Waals surface area contributed by atoms with Crippen LogP contribution in [0.4, 0.5) is 5.69 Å². The first-order valence-corrected chi connectivity index (χ1v) is 11.0. The topological polar surface area (TPSA) is 86.1 Å². The smallest absolute Gasteiger partial charge is 0.272 e. The van der Waals surface area contributed by atoms with Crippen molar-refractivity contribution in [2.24, 2.45) is 0 Å². The van der Waals surface area contributed by atoms with Crippen molar-refractivity contribution < 1.29 is 9.53 Å². The number of fused-ring (bicyclic) bond motifs is 4. The normalized spacial score (nSPS) is 16.2. The van der Waals surface area contributed by atoms with Gasteiger partial charge in [-0.1, -0.05) is 18.2 Å². The van der Waals surface area contributed by atoms with Gasteiger partial charge in [-0.05, 0) is 39.0 Å². The molecule has 4 aromatic rings. The predicted molar refractivity (Wildman–Crippen MR) is 122 cm³/mol. The van der Waals surface area contributed by atoms with E-state index in [2.05, 4.69) is 24.1 Å². The highest BCUT2D eigenvalue weighted by Gasteiger charge is 2.28. The van der Waals surface area contributed by atoms with Crippen molar-refractivity contribution in [2.75, 3.05) is 5.32 Å². The van der Waals surface area contributed by atoms with Crippen LogP contribution in [0.2, 0.25) is 0 Å². The number of para-hydroxylation sites is 1. The minimum atomic E-state index is -0.704. The van der Waals surface area contributed by atoms with Gasteiger partial charge in [-0.15, -0.1) is 11.3 Å². The number of pyridine rings is 1. The maximum absolute atomic E-state index is 13.2. The SMILES string of the molecule is CC(C(=O)Nc1ccccc1)n1cnc2c(sc3nc4c(cc32)COC(C)(C)C4)c1=O. The van der Waals surface area contributed by atoms with E-state index >= 15 is 0 Å². The number of benzene rings is 1. The molecule has 0 spiro atoms. The van der Waals surface area contributed by atoms with Crippen molar-refractivity contribution in [3.8, 4) is 0 Å². The van der Waals surface area contributed by atoms with E-state index < -0.39 is 6.04 Å². The van der Waals surface area contributed by atoms with E-state index in [9.17, 15) is 9.59 Å². The summed E-state index contributed by atoms with van der Waals surface area (Å²) in [5, 5.41) is 3.69. The van der Waals surface area contributed by atoms with Crippen LogP contribution < -0.4 is 10.9 Å². The number of carbonyl (C=O) groups excluding carboxylic acids is 1. The summed E-state index contributed by atoms with van der Waals surface area (Å²) in [4.78, 5) is 36.1. The lowest BCUT2D eigenvalue weighted by atomic mass is 9.95. The second-order valence-electron chi connectivity index (χ2n) is 8.44. The van der Waals surface area contributed by atoms with E-state index in [4.69, 9.17) is 9.72 Å². The van der Waals surface area contributed by atoms with Crippen molar-refractivity contribution in [3.05, 3.63) is 64.3 Å². The summed E-state index contributed by atoms with van der Waals surface area (Å²) in [5.41, 5.74) is 2.86. The van der Waals surface area contributed by atoms with Gasteiger partial charge in [0.05, 0.1) is 29.7 Å². The molecule has 7 nitrogen and oxygen atoms in total. The highest BCUT2D eigenvalue weighted by molar-refractivity contribution is 7.25. The Kier molecular flexibility index (Phi) is 4.64. The summed E-state index contributed by atoms with van der Waals surface area (Å²) in [6.45, 7) is 6.29. The number of hydrogen-bond donors (Lipinski definition) is 1. The quantitative estimate of drug-likeness (QED) is 0.526. The molecule has 1 aliphatic heterocycles. The van der Waals surface area contributed by atoms with E-state index in [0.29, 0.717) is 22.5 Å². The molecule has 1 atom stereocenters. The molecule has 0 radical (unpaired) electrons. The van der Waals surface area contributed by atoms with Crippen LogP contribution >= 0.6 is 11.3 Å². The van der Waals surface area contributed by atoms with Gasteiger partial charge in [0.25, 0.3) is 5.56 Å². The fourth-order valence-electron chi connectivity index (χ4n) is 3.83. The molecule has 1 aliphatic rings. The summed E-state index contributed by atoms with van der Waals surface area (Å²) >= 11 is 1.33. The lowest BCUT2D eigenvalue weighted by Gasteiger charge is -2.30. The molecule has 1 N–H and O–H groups in total. The minimum absolute atomic E-state index is 0.238. The molecule has 4 heterocycles. The van der Waals surface area contributed by atoms with Crippen molar-refractivity contribution >= 4 is 43.4 Å². The Balaban J connectivity index is 1.54. The predicted octanol–water partition coefficient (Wildman–Crippen LogP) is 4.06. The van der Waals surface area contributed by atoms with Gasteiger partial charge < -0.3 is 10.1 Å². The first-order valence-electron chi connectivity index (χ1n) is 10.1. The molecule has 0 bridgehead atoms. The van der Waals surface area contributed by atoms with Gasteiger partial charge in [0.1, 0.15) is 15.6 Å². The standard InChI is InChI=1S/C23H22N4O3S/c1-13(20(28)25-15-7-5-4-6-8-15)27-12-24-18-16-9-14-11-30-23(2,3)10-17(14)26-21(16)31-19(18)22(27)29/h4-9,12-13H,10-11H2,1-3H3,(H,25,28). The number of aromatic nitrogens is 3.